The second-order valence-electron chi connectivity index (χ2n) is 5.15. The largest absolute Gasteiger partial charge is 0.435 e. The van der Waals surface area contributed by atoms with Crippen LogP contribution in [0.5, 0.6) is 0 Å². The number of nitrogens with one attached hydrogen (secondary N) is 1. The predicted octanol–water partition coefficient (Wildman–Crippen LogP) is 1.04. The van der Waals surface area contributed by atoms with Gasteiger partial charge in [-0.05, 0) is 36.6 Å². The van der Waals surface area contributed by atoms with E-state index in [0.29, 0.717) is 31.5 Å². The Morgan fingerprint density at radius 2 is 2.09 bits per heavy atom. The number of aromatic nitrogens is 6. The summed E-state index contributed by atoms with van der Waals surface area (Å²) in [6, 6.07) is 0. The number of rotatable bonds is 4. The zero-order valence-corrected chi connectivity index (χ0v) is 12.3. The molecule has 2 aromatic heterocycles. The van der Waals surface area contributed by atoms with Gasteiger partial charge in [0.2, 0.25) is 11.9 Å². The van der Waals surface area contributed by atoms with Crippen molar-refractivity contribution in [3.63, 3.8) is 0 Å². The molecular formula is C12H14F3N7O. The van der Waals surface area contributed by atoms with Gasteiger partial charge in [0.05, 0.1) is 0 Å². The smallest absolute Gasteiger partial charge is 0.292 e. The number of anilines is 1. The fourth-order valence-corrected chi connectivity index (χ4v) is 2.68. The molecule has 1 N–H and O–H groups in total. The second-order valence-corrected chi connectivity index (χ2v) is 5.15. The van der Waals surface area contributed by atoms with Crippen molar-refractivity contribution in [1.82, 2.24) is 30.0 Å². The van der Waals surface area contributed by atoms with Gasteiger partial charge in [0.25, 0.3) is 0 Å². The molecule has 0 bridgehead atoms. The minimum atomic E-state index is -4.51. The molecule has 0 fully saturated rings. The minimum Gasteiger partial charge on any atom is -0.292 e. The number of alkyl halides is 3. The van der Waals surface area contributed by atoms with Crippen molar-refractivity contribution >= 4 is 11.9 Å². The molecule has 0 radical (unpaired) electrons. The Morgan fingerprint density at radius 1 is 1.30 bits per heavy atom. The Bertz CT molecular complexity index is 734. The van der Waals surface area contributed by atoms with E-state index in [0.717, 1.165) is 4.68 Å². The number of hydrogen-bond acceptors (Lipinski definition) is 5. The Kier molecular flexibility index (Phi) is 3.78. The Hall–Kier alpha value is -2.46. The third-order valence-electron chi connectivity index (χ3n) is 3.65. The monoisotopic (exact) mass is 329 g/mol. The molecular weight excluding hydrogens is 315 g/mol. The van der Waals surface area contributed by atoms with Crippen molar-refractivity contribution < 1.29 is 18.0 Å². The molecule has 124 valence electrons. The maximum absolute atomic E-state index is 13.0. The molecule has 0 saturated heterocycles. The molecule has 1 aliphatic rings. The first kappa shape index (κ1) is 15.4. The molecule has 0 atom stereocenters. The van der Waals surface area contributed by atoms with Gasteiger partial charge in [0.1, 0.15) is 6.54 Å². The first-order chi connectivity index (χ1) is 10.9. The molecule has 0 aliphatic heterocycles. The average molecular weight is 329 g/mol. The van der Waals surface area contributed by atoms with E-state index in [1.807, 2.05) is 0 Å². The highest BCUT2D eigenvalue weighted by Gasteiger charge is 2.40. The van der Waals surface area contributed by atoms with Gasteiger partial charge < -0.3 is 0 Å². The number of hydrogen-bond donors (Lipinski definition) is 1. The van der Waals surface area contributed by atoms with E-state index in [1.54, 1.807) is 6.92 Å². The van der Waals surface area contributed by atoms with E-state index in [2.05, 4.69) is 25.9 Å². The lowest BCUT2D eigenvalue weighted by Gasteiger charge is -2.07. The number of amides is 1. The molecule has 0 aromatic carbocycles. The third-order valence-corrected chi connectivity index (χ3v) is 3.65. The molecule has 3 rings (SSSR count). The van der Waals surface area contributed by atoms with Gasteiger partial charge in [0.15, 0.2) is 5.69 Å². The van der Waals surface area contributed by atoms with Crippen LogP contribution in [0.15, 0.2) is 0 Å². The summed E-state index contributed by atoms with van der Waals surface area (Å²) < 4.78 is 41.5. The lowest BCUT2D eigenvalue weighted by Crippen LogP contribution is -2.23. The predicted molar refractivity (Wildman–Crippen MR) is 71.4 cm³/mol. The van der Waals surface area contributed by atoms with Gasteiger partial charge in [-0.1, -0.05) is 5.10 Å². The maximum atomic E-state index is 13.0. The van der Waals surface area contributed by atoms with Crippen LogP contribution >= 0.6 is 0 Å². The number of tetrazole rings is 1. The van der Waals surface area contributed by atoms with Crippen LogP contribution in [0, 0.1) is 0 Å². The zero-order valence-electron chi connectivity index (χ0n) is 12.3. The van der Waals surface area contributed by atoms with Crippen molar-refractivity contribution in [2.75, 3.05) is 5.32 Å². The molecule has 8 nitrogen and oxygen atoms in total. The highest BCUT2D eigenvalue weighted by atomic mass is 19.4. The number of halogens is 3. The van der Waals surface area contributed by atoms with Gasteiger partial charge in [-0.15, -0.1) is 0 Å². The zero-order chi connectivity index (χ0) is 16.6. The number of carbonyl (C=O) groups excluding carboxylic acids is 1. The van der Waals surface area contributed by atoms with Gasteiger partial charge in [-0.3, -0.25) is 14.8 Å². The van der Waals surface area contributed by atoms with Crippen molar-refractivity contribution in [2.24, 2.45) is 0 Å². The van der Waals surface area contributed by atoms with E-state index in [9.17, 15) is 18.0 Å². The summed E-state index contributed by atoms with van der Waals surface area (Å²) in [5.74, 6) is -0.377. The summed E-state index contributed by atoms with van der Waals surface area (Å²) in [7, 11) is 0. The van der Waals surface area contributed by atoms with Crippen LogP contribution in [0.3, 0.4) is 0 Å². The van der Waals surface area contributed by atoms with Gasteiger partial charge in [-0.2, -0.15) is 18.3 Å². The molecule has 2 aromatic rings. The number of nitrogens with zero attached hydrogens (tertiary/aromatic N) is 6. The molecule has 11 heteroatoms. The van der Waals surface area contributed by atoms with Gasteiger partial charge in [-0.25, -0.2) is 4.68 Å². The Labute approximate surface area is 128 Å². The topological polar surface area (TPSA) is 90.5 Å². The number of fused-ring (bicyclic) bond motifs is 1. The first-order valence-corrected chi connectivity index (χ1v) is 7.12. The first-order valence-electron chi connectivity index (χ1n) is 7.12. The normalized spacial score (nSPS) is 14.1. The van der Waals surface area contributed by atoms with E-state index < -0.39 is 17.8 Å². The summed E-state index contributed by atoms with van der Waals surface area (Å²) in [5, 5.41) is 16.8. The quantitative estimate of drug-likeness (QED) is 0.905. The van der Waals surface area contributed by atoms with Crippen LogP contribution in [-0.2, 0) is 36.9 Å². The van der Waals surface area contributed by atoms with E-state index in [4.69, 9.17) is 0 Å². The summed E-state index contributed by atoms with van der Waals surface area (Å²) in [6.07, 6.45) is -3.06. The van der Waals surface area contributed by atoms with Crippen molar-refractivity contribution in [2.45, 2.75) is 45.5 Å². The van der Waals surface area contributed by atoms with Crippen LogP contribution < -0.4 is 5.32 Å². The number of carbonyl (C=O) groups is 1. The fourth-order valence-electron chi connectivity index (χ4n) is 2.68. The Balaban J connectivity index is 1.79. The molecule has 0 spiro atoms. The lowest BCUT2D eigenvalue weighted by atomic mass is 10.2. The van der Waals surface area contributed by atoms with E-state index in [1.165, 1.54) is 4.68 Å². The third kappa shape index (κ3) is 2.90. The highest BCUT2D eigenvalue weighted by molar-refractivity contribution is 5.88. The average Bonchev–Trinajstić information content (AvgIpc) is 3.14. The minimum absolute atomic E-state index is 0.150. The van der Waals surface area contributed by atoms with Crippen LogP contribution in [0.1, 0.15) is 30.3 Å². The Morgan fingerprint density at radius 3 is 2.78 bits per heavy atom. The fraction of sp³-hybridized carbons (Fsp3) is 0.583. The maximum Gasteiger partial charge on any atom is 0.435 e. The van der Waals surface area contributed by atoms with Crippen LogP contribution in [-0.4, -0.2) is 35.9 Å². The summed E-state index contributed by atoms with van der Waals surface area (Å²) >= 11 is 0. The second kappa shape index (κ2) is 5.63. The molecule has 23 heavy (non-hydrogen) atoms. The van der Waals surface area contributed by atoms with Crippen LogP contribution in [0.2, 0.25) is 0 Å². The molecule has 2 heterocycles. The van der Waals surface area contributed by atoms with Crippen molar-refractivity contribution in [3.05, 3.63) is 17.0 Å². The molecule has 0 unspecified atom stereocenters. The van der Waals surface area contributed by atoms with Crippen LogP contribution in [0.4, 0.5) is 19.1 Å². The molecule has 1 amide bonds. The standard InChI is InChI=1S/C12H14F3N7O/c1-2-21-11(17-19-20-21)16-9(23)6-22-8-5-3-4-7(8)10(18-22)12(13,14)15/h2-6H2,1H3,(H,16,17,20,23). The van der Waals surface area contributed by atoms with Crippen molar-refractivity contribution in [1.29, 1.82) is 0 Å². The van der Waals surface area contributed by atoms with E-state index >= 15 is 0 Å². The van der Waals surface area contributed by atoms with Gasteiger partial charge in [0, 0.05) is 17.8 Å². The van der Waals surface area contributed by atoms with Crippen molar-refractivity contribution in [3.8, 4) is 0 Å². The summed E-state index contributed by atoms with van der Waals surface area (Å²) in [5.41, 5.74) is -0.220. The summed E-state index contributed by atoms with van der Waals surface area (Å²) in [6.45, 7) is 1.94. The molecule has 0 saturated carbocycles. The summed E-state index contributed by atoms with van der Waals surface area (Å²) in [4.78, 5) is 12.0. The number of aryl methyl sites for hydroxylation is 1. The van der Waals surface area contributed by atoms with Crippen LogP contribution in [0.25, 0.3) is 0 Å². The molecule has 1 aliphatic carbocycles. The highest BCUT2D eigenvalue weighted by Crippen LogP contribution is 2.36. The lowest BCUT2D eigenvalue weighted by molar-refractivity contribution is -0.142. The van der Waals surface area contributed by atoms with E-state index in [-0.39, 0.29) is 18.1 Å². The SMILES string of the molecule is CCn1nnnc1NC(=O)Cn1nc(C(F)(F)F)c2c1CCC2. The van der Waals surface area contributed by atoms with Gasteiger partial charge >= 0.3 is 6.18 Å².